The third-order valence-electron chi connectivity index (χ3n) is 7.06. The first-order chi connectivity index (χ1) is 20.2. The molecule has 0 atom stereocenters. The normalized spacial score (nSPS) is 13.7. The maximum absolute atomic E-state index is 13.6. The topological polar surface area (TPSA) is 130 Å². The maximum atomic E-state index is 13.6. The van der Waals surface area contributed by atoms with Crippen molar-refractivity contribution in [3.8, 4) is 0 Å². The van der Waals surface area contributed by atoms with E-state index in [2.05, 4.69) is 35.2 Å². The van der Waals surface area contributed by atoms with Gasteiger partial charge in [-0.25, -0.2) is 14.4 Å². The number of benzene rings is 3. The Morgan fingerprint density at radius 2 is 1.21 bits per heavy atom. The minimum Gasteiger partial charge on any atom is -0.473 e. The van der Waals surface area contributed by atoms with Crippen molar-refractivity contribution in [1.82, 2.24) is 4.90 Å². The minimum absolute atomic E-state index is 0.254. The number of ether oxygens (including phenoxy) is 2. The van der Waals surface area contributed by atoms with E-state index < -0.39 is 29.5 Å². The number of hydrogen-bond acceptors (Lipinski definition) is 7. The summed E-state index contributed by atoms with van der Waals surface area (Å²) in [6.07, 6.45) is 2.70. The van der Waals surface area contributed by atoms with Crippen LogP contribution in [0.5, 0.6) is 0 Å². The van der Waals surface area contributed by atoms with E-state index >= 15 is 0 Å². The molecule has 0 saturated carbocycles. The first kappa shape index (κ1) is 32.0. The van der Waals surface area contributed by atoms with Crippen molar-refractivity contribution >= 4 is 23.9 Å². The van der Waals surface area contributed by atoms with Crippen LogP contribution >= 0.6 is 0 Å². The van der Waals surface area contributed by atoms with Gasteiger partial charge in [0.05, 0.1) is 0 Å². The second-order valence-corrected chi connectivity index (χ2v) is 10.2. The van der Waals surface area contributed by atoms with Gasteiger partial charge < -0.3 is 19.7 Å². The van der Waals surface area contributed by atoms with Crippen LogP contribution in [0.1, 0.15) is 42.4 Å². The van der Waals surface area contributed by atoms with Gasteiger partial charge in [0.1, 0.15) is 6.61 Å². The van der Waals surface area contributed by atoms with Crippen molar-refractivity contribution in [2.24, 2.45) is 0 Å². The van der Waals surface area contributed by atoms with Crippen LogP contribution in [0.3, 0.4) is 0 Å². The third kappa shape index (κ3) is 10.2. The second-order valence-electron chi connectivity index (χ2n) is 10.2. The molecule has 0 aromatic heterocycles. The number of carbonyl (C=O) groups is 4. The first-order valence-electron chi connectivity index (χ1n) is 13.9. The summed E-state index contributed by atoms with van der Waals surface area (Å²) in [6.45, 7) is 4.22. The second kappa shape index (κ2) is 16.1. The fraction of sp³-hybridized carbons (Fsp3) is 0.333. The Morgan fingerprint density at radius 3 is 1.64 bits per heavy atom. The van der Waals surface area contributed by atoms with Gasteiger partial charge in [0.25, 0.3) is 0 Å². The van der Waals surface area contributed by atoms with Crippen molar-refractivity contribution in [1.29, 1.82) is 0 Å². The molecule has 0 spiro atoms. The lowest BCUT2D eigenvalue weighted by atomic mass is 9.87. The Balaban J connectivity index is 0.000000730. The van der Waals surface area contributed by atoms with E-state index in [1.54, 1.807) is 0 Å². The molecule has 1 aliphatic rings. The number of aliphatic carboxylic acids is 2. The van der Waals surface area contributed by atoms with Gasteiger partial charge in [-0.1, -0.05) is 91.0 Å². The number of hydrogen-bond donors (Lipinski definition) is 2. The Bertz CT molecular complexity index is 1240. The van der Waals surface area contributed by atoms with Gasteiger partial charge in [-0.2, -0.15) is 0 Å². The number of carboxylic acid groups (broad SMARTS) is 2. The Morgan fingerprint density at radius 1 is 0.762 bits per heavy atom. The van der Waals surface area contributed by atoms with Crippen LogP contribution in [0, 0.1) is 0 Å². The lowest BCUT2D eigenvalue weighted by Crippen LogP contribution is -2.49. The summed E-state index contributed by atoms with van der Waals surface area (Å²) in [7, 11) is 0. The van der Waals surface area contributed by atoms with E-state index in [9.17, 15) is 9.59 Å². The maximum Gasteiger partial charge on any atom is 0.414 e. The lowest BCUT2D eigenvalue weighted by molar-refractivity contribution is -0.182. The SMILES string of the molecule is CC(=O)OC(Cc1ccccc1)(Cc1ccccc1)C(=O)OCCN1CCC(c2ccccc2)CC1.O=C(O)C(=O)O. The van der Waals surface area contributed by atoms with Gasteiger partial charge >= 0.3 is 23.9 Å². The molecule has 3 aromatic rings. The highest BCUT2D eigenvalue weighted by Crippen LogP contribution is 2.28. The van der Waals surface area contributed by atoms with Crippen LogP contribution in [0.25, 0.3) is 0 Å². The molecule has 3 aromatic carbocycles. The summed E-state index contributed by atoms with van der Waals surface area (Å²) in [5.41, 5.74) is 1.80. The van der Waals surface area contributed by atoms with Crippen molar-refractivity contribution in [2.75, 3.05) is 26.2 Å². The average molecular weight is 576 g/mol. The predicted octanol–water partition coefficient (Wildman–Crippen LogP) is 4.35. The predicted molar refractivity (Wildman–Crippen MR) is 156 cm³/mol. The molecule has 4 rings (SSSR count). The van der Waals surface area contributed by atoms with Gasteiger partial charge in [0.2, 0.25) is 5.60 Å². The summed E-state index contributed by atoms with van der Waals surface area (Å²) < 4.78 is 11.6. The van der Waals surface area contributed by atoms with Crippen LogP contribution in [-0.2, 0) is 41.5 Å². The van der Waals surface area contributed by atoms with Gasteiger partial charge in [-0.05, 0) is 48.5 Å². The molecule has 0 bridgehead atoms. The lowest BCUT2D eigenvalue weighted by Gasteiger charge is -2.33. The molecule has 0 aliphatic carbocycles. The fourth-order valence-electron chi connectivity index (χ4n) is 5.06. The summed E-state index contributed by atoms with van der Waals surface area (Å²) in [6, 6.07) is 29.9. The molecule has 2 N–H and O–H groups in total. The smallest absolute Gasteiger partial charge is 0.414 e. The Hall–Kier alpha value is -4.50. The third-order valence-corrected chi connectivity index (χ3v) is 7.06. The van der Waals surface area contributed by atoms with Gasteiger partial charge in [-0.3, -0.25) is 9.69 Å². The molecule has 1 heterocycles. The van der Waals surface area contributed by atoms with Crippen LogP contribution < -0.4 is 0 Å². The van der Waals surface area contributed by atoms with Crippen molar-refractivity contribution in [3.05, 3.63) is 108 Å². The average Bonchev–Trinajstić information content (AvgIpc) is 2.99. The first-order valence-corrected chi connectivity index (χ1v) is 13.9. The molecule has 222 valence electrons. The number of rotatable bonds is 10. The highest BCUT2D eigenvalue weighted by atomic mass is 16.6. The van der Waals surface area contributed by atoms with E-state index in [0.29, 0.717) is 12.5 Å². The number of nitrogens with zero attached hydrogens (tertiary/aromatic N) is 1. The van der Waals surface area contributed by atoms with Crippen LogP contribution in [-0.4, -0.2) is 70.8 Å². The molecule has 42 heavy (non-hydrogen) atoms. The Labute approximate surface area is 245 Å². The number of carboxylic acids is 2. The molecule has 0 radical (unpaired) electrons. The number of esters is 2. The van der Waals surface area contributed by atoms with Crippen molar-refractivity contribution < 1.29 is 38.9 Å². The Kier molecular flexibility index (Phi) is 12.3. The molecular formula is C33H37NO8. The molecular weight excluding hydrogens is 538 g/mol. The van der Waals surface area contributed by atoms with E-state index in [1.165, 1.54) is 12.5 Å². The zero-order valence-electron chi connectivity index (χ0n) is 23.7. The minimum atomic E-state index is -1.82. The molecule has 0 unspecified atom stereocenters. The molecule has 0 amide bonds. The van der Waals surface area contributed by atoms with Gasteiger partial charge in [0.15, 0.2) is 0 Å². The van der Waals surface area contributed by atoms with Crippen molar-refractivity contribution in [3.63, 3.8) is 0 Å². The number of likely N-dealkylation sites (tertiary alicyclic amines) is 1. The molecule has 9 nitrogen and oxygen atoms in total. The molecule has 1 aliphatic heterocycles. The van der Waals surface area contributed by atoms with E-state index in [-0.39, 0.29) is 19.4 Å². The van der Waals surface area contributed by atoms with Crippen molar-refractivity contribution in [2.45, 2.75) is 44.1 Å². The van der Waals surface area contributed by atoms with Gasteiger partial charge in [-0.15, -0.1) is 0 Å². The summed E-state index contributed by atoms with van der Waals surface area (Å²) in [5, 5.41) is 14.8. The standard InChI is InChI=1S/C31H35NO4.C2H2O4/c1-25(33)36-31(23-26-11-5-2-6-12-26,24-27-13-7-3-8-14-27)30(34)35-22-21-32-19-17-29(18-20-32)28-15-9-4-10-16-28;3-1(4)2(5)6/h2-16,29H,17-24H2,1H3;(H,3,4)(H,5,6). The molecule has 9 heteroatoms. The monoisotopic (exact) mass is 575 g/mol. The van der Waals surface area contributed by atoms with E-state index in [0.717, 1.165) is 37.1 Å². The number of piperidine rings is 1. The molecule has 1 fully saturated rings. The van der Waals surface area contributed by atoms with Crippen LogP contribution in [0.4, 0.5) is 0 Å². The highest BCUT2D eigenvalue weighted by molar-refractivity contribution is 6.27. The summed E-state index contributed by atoms with van der Waals surface area (Å²) in [4.78, 5) is 46.3. The number of carbonyl (C=O) groups excluding carboxylic acids is 2. The zero-order valence-corrected chi connectivity index (χ0v) is 23.7. The zero-order chi connectivity index (χ0) is 30.4. The quantitative estimate of drug-likeness (QED) is 0.268. The molecule has 1 saturated heterocycles. The highest BCUT2D eigenvalue weighted by Gasteiger charge is 2.44. The van der Waals surface area contributed by atoms with Crippen LogP contribution in [0.2, 0.25) is 0 Å². The fourth-order valence-corrected chi connectivity index (χ4v) is 5.06. The largest absolute Gasteiger partial charge is 0.473 e. The summed E-state index contributed by atoms with van der Waals surface area (Å²) in [5.74, 6) is -4.06. The summed E-state index contributed by atoms with van der Waals surface area (Å²) >= 11 is 0. The van der Waals surface area contributed by atoms with E-state index in [4.69, 9.17) is 29.3 Å². The van der Waals surface area contributed by atoms with Crippen LogP contribution in [0.15, 0.2) is 91.0 Å². The van der Waals surface area contributed by atoms with E-state index in [1.807, 2.05) is 60.7 Å². The van der Waals surface area contributed by atoms with Gasteiger partial charge in [0, 0.05) is 26.3 Å².